The highest BCUT2D eigenvalue weighted by Crippen LogP contribution is 2.38. The first kappa shape index (κ1) is 16.7. The maximum atomic E-state index is 13.3. The maximum Gasteiger partial charge on any atom is 0.417 e. The third-order valence-electron chi connectivity index (χ3n) is 3.63. The van der Waals surface area contributed by atoms with Gasteiger partial charge in [-0.2, -0.15) is 18.3 Å². The molecule has 0 radical (unpaired) electrons. The Morgan fingerprint density at radius 2 is 1.84 bits per heavy atom. The molecule has 0 atom stereocenters. The van der Waals surface area contributed by atoms with E-state index in [4.69, 9.17) is 5.73 Å². The van der Waals surface area contributed by atoms with Crippen LogP contribution in [0.3, 0.4) is 0 Å². The van der Waals surface area contributed by atoms with E-state index in [1.54, 1.807) is 31.2 Å². The van der Waals surface area contributed by atoms with Gasteiger partial charge in [-0.15, -0.1) is 0 Å². The largest absolute Gasteiger partial charge is 0.417 e. The Hall–Kier alpha value is -3.16. The van der Waals surface area contributed by atoms with Gasteiger partial charge in [0.2, 0.25) is 5.82 Å². The van der Waals surface area contributed by atoms with Crippen LogP contribution in [-0.4, -0.2) is 21.1 Å². The van der Waals surface area contributed by atoms with Gasteiger partial charge in [0.05, 0.1) is 5.56 Å². The second-order valence-corrected chi connectivity index (χ2v) is 5.50. The Labute approximate surface area is 140 Å². The number of nitrogens with one attached hydrogen (secondary N) is 1. The number of hydrogen-bond acceptors (Lipinski definition) is 3. The number of aromatic nitrogens is 3. The van der Waals surface area contributed by atoms with Crippen molar-refractivity contribution in [2.24, 2.45) is 5.73 Å². The molecule has 1 heterocycles. The van der Waals surface area contributed by atoms with E-state index < -0.39 is 17.6 Å². The van der Waals surface area contributed by atoms with Crippen molar-refractivity contribution in [3.05, 3.63) is 59.4 Å². The molecule has 0 saturated heterocycles. The lowest BCUT2D eigenvalue weighted by Crippen LogP contribution is -2.12. The van der Waals surface area contributed by atoms with Crippen molar-refractivity contribution in [1.29, 1.82) is 0 Å². The first-order valence-electron chi connectivity index (χ1n) is 7.26. The lowest BCUT2D eigenvalue weighted by molar-refractivity contribution is -0.137. The minimum Gasteiger partial charge on any atom is -0.363 e. The highest BCUT2D eigenvalue weighted by atomic mass is 19.4. The third-order valence-corrected chi connectivity index (χ3v) is 3.63. The molecule has 1 aromatic heterocycles. The van der Waals surface area contributed by atoms with Crippen molar-refractivity contribution in [1.82, 2.24) is 15.2 Å². The number of carbonyl (C=O) groups excluding carboxylic acids is 1. The van der Waals surface area contributed by atoms with Gasteiger partial charge < -0.3 is 5.73 Å². The van der Waals surface area contributed by atoms with Gasteiger partial charge in [-0.25, -0.2) is 4.98 Å². The van der Waals surface area contributed by atoms with Crippen LogP contribution in [0, 0.1) is 6.92 Å². The minimum absolute atomic E-state index is 0.0608. The fourth-order valence-electron chi connectivity index (χ4n) is 2.47. The van der Waals surface area contributed by atoms with Crippen molar-refractivity contribution < 1.29 is 18.0 Å². The zero-order chi connectivity index (χ0) is 18.2. The van der Waals surface area contributed by atoms with Crippen LogP contribution < -0.4 is 5.73 Å². The molecule has 3 rings (SSSR count). The summed E-state index contributed by atoms with van der Waals surface area (Å²) >= 11 is 0. The number of hydrogen-bond donors (Lipinski definition) is 2. The summed E-state index contributed by atoms with van der Waals surface area (Å²) in [7, 11) is 0. The summed E-state index contributed by atoms with van der Waals surface area (Å²) < 4.78 is 40.0. The van der Waals surface area contributed by atoms with Crippen LogP contribution in [0.2, 0.25) is 0 Å². The molecule has 3 N–H and O–H groups in total. The summed E-state index contributed by atoms with van der Waals surface area (Å²) in [6.07, 6.45) is -4.47. The highest BCUT2D eigenvalue weighted by molar-refractivity contribution is 5.89. The smallest absolute Gasteiger partial charge is 0.363 e. The molecule has 0 aliphatic carbocycles. The van der Waals surface area contributed by atoms with Crippen molar-refractivity contribution in [3.63, 3.8) is 0 Å². The molecule has 8 heteroatoms. The number of H-pyrrole nitrogens is 1. The van der Waals surface area contributed by atoms with E-state index in [2.05, 4.69) is 15.2 Å². The van der Waals surface area contributed by atoms with E-state index in [1.807, 2.05) is 0 Å². The number of primary amides is 1. The number of nitrogens with zero attached hydrogens (tertiary/aromatic N) is 2. The summed E-state index contributed by atoms with van der Waals surface area (Å²) in [6, 6.07) is 10.5. The Kier molecular flexibility index (Phi) is 4.03. The van der Waals surface area contributed by atoms with E-state index in [9.17, 15) is 18.0 Å². The molecule has 3 aromatic rings. The van der Waals surface area contributed by atoms with E-state index >= 15 is 0 Å². The summed E-state index contributed by atoms with van der Waals surface area (Å²) in [6.45, 7) is 1.61. The van der Waals surface area contributed by atoms with Crippen molar-refractivity contribution in [3.8, 4) is 22.5 Å². The van der Waals surface area contributed by atoms with Gasteiger partial charge in [-0.05, 0) is 30.2 Å². The minimum atomic E-state index is -4.47. The van der Waals surface area contributed by atoms with Crippen LogP contribution in [0.5, 0.6) is 0 Å². The molecular weight excluding hydrogens is 333 g/mol. The number of amides is 1. The normalized spacial score (nSPS) is 11.5. The van der Waals surface area contributed by atoms with Gasteiger partial charge in [0.1, 0.15) is 0 Å². The predicted molar refractivity (Wildman–Crippen MR) is 85.5 cm³/mol. The van der Waals surface area contributed by atoms with Crippen molar-refractivity contribution in [2.75, 3.05) is 0 Å². The first-order valence-corrected chi connectivity index (χ1v) is 7.26. The standard InChI is InChI=1S/C17H13F3N4O/c1-9-5-6-12(13(7-9)17(18,19)20)10-3-2-4-11(8-10)15-22-16(14(21)25)24-23-15/h2-8H,1H3,(H2,21,25)(H,22,23,24). The van der Waals surface area contributed by atoms with Gasteiger partial charge in [-0.1, -0.05) is 35.9 Å². The predicted octanol–water partition coefficient (Wildman–Crippen LogP) is 3.56. The highest BCUT2D eigenvalue weighted by Gasteiger charge is 2.33. The molecule has 0 unspecified atom stereocenters. The van der Waals surface area contributed by atoms with Crippen LogP contribution in [0.25, 0.3) is 22.5 Å². The number of aryl methyl sites for hydroxylation is 1. The fourth-order valence-corrected chi connectivity index (χ4v) is 2.47. The molecule has 2 aromatic carbocycles. The average Bonchev–Trinajstić information content (AvgIpc) is 3.04. The number of benzene rings is 2. The lowest BCUT2D eigenvalue weighted by atomic mass is 9.96. The van der Waals surface area contributed by atoms with Gasteiger partial charge in [-0.3, -0.25) is 9.89 Å². The third kappa shape index (κ3) is 3.37. The van der Waals surface area contributed by atoms with E-state index in [1.165, 1.54) is 12.1 Å². The molecule has 0 spiro atoms. The number of nitrogens with two attached hydrogens (primary N) is 1. The van der Waals surface area contributed by atoms with E-state index in [0.717, 1.165) is 6.07 Å². The first-order chi connectivity index (χ1) is 11.8. The topological polar surface area (TPSA) is 84.7 Å². The maximum absolute atomic E-state index is 13.3. The summed E-state index contributed by atoms with van der Waals surface area (Å²) in [5.74, 6) is -0.712. The van der Waals surface area contributed by atoms with Crippen LogP contribution in [0.1, 0.15) is 21.7 Å². The fraction of sp³-hybridized carbons (Fsp3) is 0.118. The number of aromatic amines is 1. The van der Waals surface area contributed by atoms with Gasteiger partial charge in [0, 0.05) is 5.56 Å². The Morgan fingerprint density at radius 3 is 2.48 bits per heavy atom. The quantitative estimate of drug-likeness (QED) is 0.760. The van der Waals surface area contributed by atoms with Crippen molar-refractivity contribution in [2.45, 2.75) is 13.1 Å². The zero-order valence-electron chi connectivity index (χ0n) is 13.1. The van der Waals surface area contributed by atoms with Crippen molar-refractivity contribution >= 4 is 5.91 Å². The van der Waals surface area contributed by atoms with Gasteiger partial charge >= 0.3 is 6.18 Å². The van der Waals surface area contributed by atoms with E-state index in [-0.39, 0.29) is 17.2 Å². The van der Waals surface area contributed by atoms with Crippen LogP contribution >= 0.6 is 0 Å². The summed E-state index contributed by atoms with van der Waals surface area (Å²) in [4.78, 5) is 15.0. The molecular formula is C17H13F3N4O. The van der Waals surface area contributed by atoms with Crippen LogP contribution in [0.4, 0.5) is 13.2 Å². The number of alkyl halides is 3. The van der Waals surface area contributed by atoms with Gasteiger partial charge in [0.15, 0.2) is 5.82 Å². The second-order valence-electron chi connectivity index (χ2n) is 5.50. The van der Waals surface area contributed by atoms with E-state index in [0.29, 0.717) is 16.7 Å². The monoisotopic (exact) mass is 346 g/mol. The van der Waals surface area contributed by atoms with Crippen LogP contribution in [0.15, 0.2) is 42.5 Å². The van der Waals surface area contributed by atoms with Gasteiger partial charge in [0.25, 0.3) is 5.91 Å². The number of carbonyl (C=O) groups is 1. The molecule has 0 aliphatic heterocycles. The molecule has 5 nitrogen and oxygen atoms in total. The zero-order valence-corrected chi connectivity index (χ0v) is 13.1. The molecule has 0 aliphatic rings. The van der Waals surface area contributed by atoms with Crippen LogP contribution in [-0.2, 0) is 6.18 Å². The molecule has 1 amide bonds. The average molecular weight is 346 g/mol. The number of halogens is 3. The summed E-state index contributed by atoms with van der Waals surface area (Å²) in [5, 5.41) is 6.26. The Bertz CT molecular complexity index is 947. The molecule has 0 saturated carbocycles. The number of rotatable bonds is 3. The lowest BCUT2D eigenvalue weighted by Gasteiger charge is -2.14. The molecule has 0 fully saturated rings. The SMILES string of the molecule is Cc1ccc(-c2cccc(-c3n[nH]c(C(N)=O)n3)c2)c(C(F)(F)F)c1. The molecule has 0 bridgehead atoms. The Balaban J connectivity index is 2.09. The Morgan fingerprint density at radius 1 is 1.12 bits per heavy atom. The molecule has 25 heavy (non-hydrogen) atoms. The second kappa shape index (κ2) is 6.04. The summed E-state index contributed by atoms with van der Waals surface area (Å²) in [5.41, 5.74) is 5.82. The molecule has 128 valence electrons.